The maximum Gasteiger partial charge on any atom is 0.258 e. The van der Waals surface area contributed by atoms with Crippen molar-refractivity contribution in [3.8, 4) is 5.75 Å². The molecule has 0 spiro atoms. The zero-order valence-electron chi connectivity index (χ0n) is 15.5. The van der Waals surface area contributed by atoms with Crippen molar-refractivity contribution in [2.75, 3.05) is 6.61 Å². The highest BCUT2D eigenvalue weighted by Crippen LogP contribution is 2.18. The molecule has 5 heteroatoms. The summed E-state index contributed by atoms with van der Waals surface area (Å²) in [7, 11) is 0. The van der Waals surface area contributed by atoms with Crippen LogP contribution >= 0.6 is 0 Å². The van der Waals surface area contributed by atoms with Crippen LogP contribution in [0.1, 0.15) is 36.7 Å². The Kier molecular flexibility index (Phi) is 7.21. The maximum absolute atomic E-state index is 12.5. The van der Waals surface area contributed by atoms with Crippen LogP contribution < -0.4 is 15.4 Å². The Bertz CT molecular complexity index is 729. The van der Waals surface area contributed by atoms with E-state index in [0.29, 0.717) is 23.8 Å². The van der Waals surface area contributed by atoms with Crippen LogP contribution in [0.25, 0.3) is 0 Å². The van der Waals surface area contributed by atoms with Gasteiger partial charge in [-0.1, -0.05) is 56.3 Å². The molecule has 1 atom stereocenters. The van der Waals surface area contributed by atoms with Gasteiger partial charge in [-0.25, -0.2) is 0 Å². The van der Waals surface area contributed by atoms with Gasteiger partial charge in [-0.2, -0.15) is 0 Å². The second kappa shape index (κ2) is 9.61. The molecule has 0 fully saturated rings. The summed E-state index contributed by atoms with van der Waals surface area (Å²) in [6.45, 7) is 6.34. The van der Waals surface area contributed by atoms with Crippen molar-refractivity contribution in [3.63, 3.8) is 0 Å². The number of benzene rings is 2. The molecule has 0 aliphatic rings. The van der Waals surface area contributed by atoms with Crippen LogP contribution in [-0.2, 0) is 11.3 Å². The minimum Gasteiger partial charge on any atom is -0.483 e. The van der Waals surface area contributed by atoms with Gasteiger partial charge in [-0.05, 0) is 30.5 Å². The van der Waals surface area contributed by atoms with Gasteiger partial charge in [-0.3, -0.25) is 9.59 Å². The van der Waals surface area contributed by atoms with Gasteiger partial charge in [-0.15, -0.1) is 0 Å². The van der Waals surface area contributed by atoms with Crippen LogP contribution in [0.15, 0.2) is 54.6 Å². The average molecular weight is 354 g/mol. The van der Waals surface area contributed by atoms with E-state index < -0.39 is 0 Å². The number of ether oxygens (including phenoxy) is 1. The topological polar surface area (TPSA) is 67.4 Å². The minimum atomic E-state index is -0.236. The van der Waals surface area contributed by atoms with Crippen molar-refractivity contribution in [2.45, 2.75) is 33.4 Å². The molecule has 2 amide bonds. The van der Waals surface area contributed by atoms with Crippen LogP contribution in [0.3, 0.4) is 0 Å². The highest BCUT2D eigenvalue weighted by atomic mass is 16.5. The van der Waals surface area contributed by atoms with E-state index in [9.17, 15) is 9.59 Å². The minimum absolute atomic E-state index is 0.0653. The molecule has 2 N–H and O–H groups in total. The highest BCUT2D eigenvalue weighted by molar-refractivity contribution is 5.97. The van der Waals surface area contributed by atoms with Crippen molar-refractivity contribution in [3.05, 3.63) is 65.7 Å². The predicted octanol–water partition coefficient (Wildman–Crippen LogP) is 3.16. The van der Waals surface area contributed by atoms with Crippen LogP contribution in [0, 0.1) is 5.92 Å². The number of carbonyl (C=O) groups is 2. The smallest absolute Gasteiger partial charge is 0.258 e. The Balaban J connectivity index is 1.94. The van der Waals surface area contributed by atoms with E-state index in [4.69, 9.17) is 4.74 Å². The summed E-state index contributed by atoms with van der Waals surface area (Å²) in [6.07, 6.45) is 0. The van der Waals surface area contributed by atoms with Gasteiger partial charge in [0.2, 0.25) is 0 Å². The molecule has 1 unspecified atom stereocenters. The normalized spacial score (nSPS) is 11.7. The average Bonchev–Trinajstić information content (AvgIpc) is 2.65. The Labute approximate surface area is 154 Å². The molecule has 0 aliphatic carbocycles. The van der Waals surface area contributed by atoms with E-state index in [1.807, 2.05) is 51.1 Å². The fourth-order valence-corrected chi connectivity index (χ4v) is 2.26. The lowest BCUT2D eigenvalue weighted by molar-refractivity contribution is -0.124. The lowest BCUT2D eigenvalue weighted by atomic mass is 10.1. The van der Waals surface area contributed by atoms with Crippen molar-refractivity contribution in [2.24, 2.45) is 5.92 Å². The first-order valence-electron chi connectivity index (χ1n) is 8.80. The summed E-state index contributed by atoms with van der Waals surface area (Å²) in [5.74, 6) is 0.298. The molecule has 0 saturated carbocycles. The van der Waals surface area contributed by atoms with Gasteiger partial charge in [0, 0.05) is 12.6 Å². The molecule has 2 aromatic rings. The molecule has 0 bridgehead atoms. The molecule has 0 saturated heterocycles. The van der Waals surface area contributed by atoms with Crippen LogP contribution in [-0.4, -0.2) is 24.5 Å². The molecule has 2 rings (SSSR count). The molecule has 5 nitrogen and oxygen atoms in total. The summed E-state index contributed by atoms with van der Waals surface area (Å²) in [5, 5.41) is 5.75. The molecule has 2 aromatic carbocycles. The lowest BCUT2D eigenvalue weighted by Gasteiger charge is -2.18. The number of para-hydroxylation sites is 1. The molecule has 0 aromatic heterocycles. The molecular weight excluding hydrogens is 328 g/mol. The largest absolute Gasteiger partial charge is 0.483 e. The predicted molar refractivity (Wildman–Crippen MR) is 102 cm³/mol. The third-order valence-electron chi connectivity index (χ3n) is 4.18. The number of nitrogens with one attached hydrogen (secondary N) is 2. The number of hydrogen-bond donors (Lipinski definition) is 2. The highest BCUT2D eigenvalue weighted by Gasteiger charge is 2.15. The van der Waals surface area contributed by atoms with E-state index in [0.717, 1.165) is 5.56 Å². The number of hydrogen-bond acceptors (Lipinski definition) is 3. The van der Waals surface area contributed by atoms with Gasteiger partial charge in [0.25, 0.3) is 11.8 Å². The number of carbonyl (C=O) groups excluding carboxylic acids is 2. The van der Waals surface area contributed by atoms with Gasteiger partial charge in [0.05, 0.1) is 5.56 Å². The quantitative estimate of drug-likeness (QED) is 0.765. The second-order valence-corrected chi connectivity index (χ2v) is 6.55. The van der Waals surface area contributed by atoms with Crippen molar-refractivity contribution < 1.29 is 14.3 Å². The Hall–Kier alpha value is -2.82. The first-order chi connectivity index (χ1) is 12.5. The standard InChI is InChI=1S/C21H26N2O3/c1-15(2)16(3)23-20(24)14-26-19-12-8-7-11-18(19)21(25)22-13-17-9-5-4-6-10-17/h4-12,15-16H,13-14H2,1-3H3,(H,22,25)(H,23,24). The molecule has 138 valence electrons. The third-order valence-corrected chi connectivity index (χ3v) is 4.18. The summed E-state index contributed by atoms with van der Waals surface area (Å²) < 4.78 is 5.58. The summed E-state index contributed by atoms with van der Waals surface area (Å²) in [5.41, 5.74) is 1.43. The SMILES string of the molecule is CC(C)C(C)NC(=O)COc1ccccc1C(=O)NCc1ccccc1. The van der Waals surface area contributed by atoms with E-state index in [-0.39, 0.29) is 24.5 Å². The Morgan fingerprint density at radius 1 is 0.962 bits per heavy atom. The van der Waals surface area contributed by atoms with Crippen molar-refractivity contribution >= 4 is 11.8 Å². The van der Waals surface area contributed by atoms with Crippen LogP contribution in [0.2, 0.25) is 0 Å². The number of amides is 2. The van der Waals surface area contributed by atoms with Crippen LogP contribution in [0.4, 0.5) is 0 Å². The van der Waals surface area contributed by atoms with Crippen molar-refractivity contribution in [1.29, 1.82) is 0 Å². The van der Waals surface area contributed by atoms with E-state index >= 15 is 0 Å². The maximum atomic E-state index is 12.5. The van der Waals surface area contributed by atoms with E-state index in [2.05, 4.69) is 10.6 Å². The molecular formula is C21H26N2O3. The molecule has 26 heavy (non-hydrogen) atoms. The van der Waals surface area contributed by atoms with Crippen LogP contribution in [0.5, 0.6) is 5.75 Å². The van der Waals surface area contributed by atoms with Gasteiger partial charge >= 0.3 is 0 Å². The monoisotopic (exact) mass is 354 g/mol. The number of rotatable bonds is 8. The summed E-state index contributed by atoms with van der Waals surface area (Å²) in [6, 6.07) is 16.7. The molecule has 0 heterocycles. The zero-order chi connectivity index (χ0) is 18.9. The molecule has 0 radical (unpaired) electrons. The Morgan fingerprint density at radius 2 is 1.62 bits per heavy atom. The zero-order valence-corrected chi connectivity index (χ0v) is 15.5. The second-order valence-electron chi connectivity index (χ2n) is 6.55. The first kappa shape index (κ1) is 19.5. The fraction of sp³-hybridized carbons (Fsp3) is 0.333. The Morgan fingerprint density at radius 3 is 2.31 bits per heavy atom. The fourth-order valence-electron chi connectivity index (χ4n) is 2.26. The van der Waals surface area contributed by atoms with E-state index in [1.54, 1.807) is 24.3 Å². The summed E-state index contributed by atoms with van der Waals surface area (Å²) >= 11 is 0. The van der Waals surface area contributed by atoms with E-state index in [1.165, 1.54) is 0 Å². The molecule has 0 aliphatic heterocycles. The lowest BCUT2D eigenvalue weighted by Crippen LogP contribution is -2.39. The summed E-state index contributed by atoms with van der Waals surface area (Å²) in [4.78, 5) is 24.4. The van der Waals surface area contributed by atoms with Crippen molar-refractivity contribution in [1.82, 2.24) is 10.6 Å². The van der Waals surface area contributed by atoms with Gasteiger partial charge in [0.1, 0.15) is 5.75 Å². The van der Waals surface area contributed by atoms with Gasteiger partial charge in [0.15, 0.2) is 6.61 Å². The van der Waals surface area contributed by atoms with Gasteiger partial charge < -0.3 is 15.4 Å². The third kappa shape index (κ3) is 5.92. The first-order valence-corrected chi connectivity index (χ1v) is 8.80.